The third-order valence-corrected chi connectivity index (χ3v) is 5.93. The summed E-state index contributed by atoms with van der Waals surface area (Å²) in [6, 6.07) is 19.7. The van der Waals surface area contributed by atoms with Crippen LogP contribution in [0.5, 0.6) is 0 Å². The zero-order valence-electron chi connectivity index (χ0n) is 17.8. The largest absolute Gasteiger partial charge is 0.310 e. The van der Waals surface area contributed by atoms with Gasteiger partial charge < -0.3 is 5.32 Å². The minimum Gasteiger partial charge on any atom is -0.310 e. The van der Waals surface area contributed by atoms with Crippen LogP contribution in [0, 0.1) is 20.8 Å². The molecule has 4 aromatic rings. The molecule has 1 aliphatic rings. The van der Waals surface area contributed by atoms with Crippen molar-refractivity contribution in [1.29, 1.82) is 0 Å². The molecular weight excluding hydrogens is 386 g/mol. The number of carbonyl (C=O) groups excluding carboxylic acids is 2. The zero-order chi connectivity index (χ0) is 21.7. The van der Waals surface area contributed by atoms with Crippen LogP contribution in [0.25, 0.3) is 16.5 Å². The van der Waals surface area contributed by atoms with Gasteiger partial charge in [0, 0.05) is 17.5 Å². The Labute approximate surface area is 180 Å². The number of nitrogens with one attached hydrogen (secondary N) is 1. The number of aromatic nitrogens is 2. The van der Waals surface area contributed by atoms with Crippen LogP contribution in [0.1, 0.15) is 45.1 Å². The fraction of sp³-hybridized carbons (Fsp3) is 0.192. The molecule has 154 valence electrons. The number of amides is 1. The Kier molecular flexibility index (Phi) is 4.47. The van der Waals surface area contributed by atoms with E-state index in [9.17, 15) is 9.59 Å². The monoisotopic (exact) mass is 409 g/mol. The van der Waals surface area contributed by atoms with Crippen molar-refractivity contribution in [2.75, 3.05) is 5.32 Å². The summed E-state index contributed by atoms with van der Waals surface area (Å²) < 4.78 is 1.76. The molecule has 5 nitrogen and oxygen atoms in total. The van der Waals surface area contributed by atoms with Gasteiger partial charge in [-0.05, 0) is 54.8 Å². The molecule has 1 aliphatic heterocycles. The first-order chi connectivity index (χ1) is 14.9. The van der Waals surface area contributed by atoms with E-state index < -0.39 is 5.92 Å². The van der Waals surface area contributed by atoms with Crippen molar-refractivity contribution in [3.05, 3.63) is 88.6 Å². The van der Waals surface area contributed by atoms with E-state index in [2.05, 4.69) is 11.4 Å². The van der Waals surface area contributed by atoms with Crippen molar-refractivity contribution in [3.63, 3.8) is 0 Å². The maximum atomic E-state index is 13.7. The number of anilines is 1. The molecule has 0 spiro atoms. The molecular formula is C26H23N3O2. The van der Waals surface area contributed by atoms with E-state index in [1.807, 2.05) is 75.4 Å². The predicted octanol–water partition coefficient (Wildman–Crippen LogP) is 5.26. The number of Topliss-reactive ketones (excluding diaryl/α,β-unsaturated/α-hetero) is 1. The summed E-state index contributed by atoms with van der Waals surface area (Å²) in [5, 5.41) is 9.60. The molecule has 31 heavy (non-hydrogen) atoms. The van der Waals surface area contributed by atoms with Gasteiger partial charge in [0.05, 0.1) is 17.3 Å². The number of hydrogen-bond acceptors (Lipinski definition) is 3. The molecule has 0 bridgehead atoms. The van der Waals surface area contributed by atoms with Gasteiger partial charge in [0.1, 0.15) is 5.82 Å². The van der Waals surface area contributed by atoms with Crippen LogP contribution in [0.15, 0.2) is 60.7 Å². The first kappa shape index (κ1) is 19.2. The molecule has 0 saturated heterocycles. The standard InChI is InChI=1S/C26H23N3O2/c1-15-11-16(2)13-19(12-15)29-26-24(17(3)28-29)22(14-23(30)27-26)25(31)21-10-6-8-18-7-4-5-9-20(18)21/h4-13,22H,14H2,1-3H3,(H,27,30). The molecule has 1 atom stereocenters. The predicted molar refractivity (Wildman–Crippen MR) is 122 cm³/mol. The van der Waals surface area contributed by atoms with E-state index in [-0.39, 0.29) is 18.1 Å². The highest BCUT2D eigenvalue weighted by molar-refractivity contribution is 6.14. The fourth-order valence-corrected chi connectivity index (χ4v) is 4.66. The minimum absolute atomic E-state index is 0.0454. The van der Waals surface area contributed by atoms with Crippen LogP contribution in [0.4, 0.5) is 5.82 Å². The Balaban J connectivity index is 1.66. The number of benzene rings is 3. The molecule has 0 saturated carbocycles. The molecule has 0 fully saturated rings. The van der Waals surface area contributed by atoms with Crippen molar-refractivity contribution in [3.8, 4) is 5.69 Å². The third kappa shape index (κ3) is 3.22. The smallest absolute Gasteiger partial charge is 0.226 e. The Morgan fingerprint density at radius 3 is 2.48 bits per heavy atom. The Bertz CT molecular complexity index is 1340. The number of fused-ring (bicyclic) bond motifs is 2. The second-order valence-electron chi connectivity index (χ2n) is 8.30. The lowest BCUT2D eigenvalue weighted by atomic mass is 9.84. The number of aryl methyl sites for hydroxylation is 3. The number of carbonyl (C=O) groups is 2. The van der Waals surface area contributed by atoms with Gasteiger partial charge in [-0.1, -0.05) is 48.5 Å². The van der Waals surface area contributed by atoms with E-state index in [4.69, 9.17) is 5.10 Å². The maximum Gasteiger partial charge on any atom is 0.226 e. The van der Waals surface area contributed by atoms with Crippen LogP contribution >= 0.6 is 0 Å². The summed E-state index contributed by atoms with van der Waals surface area (Å²) in [7, 11) is 0. The second kappa shape index (κ2) is 7.20. The Morgan fingerprint density at radius 1 is 1.00 bits per heavy atom. The lowest BCUT2D eigenvalue weighted by Crippen LogP contribution is -2.28. The van der Waals surface area contributed by atoms with Crippen molar-refractivity contribution < 1.29 is 9.59 Å². The summed E-state index contributed by atoms with van der Waals surface area (Å²) in [5.41, 5.74) is 5.30. The van der Waals surface area contributed by atoms with E-state index in [1.165, 1.54) is 0 Å². The van der Waals surface area contributed by atoms with Crippen molar-refractivity contribution in [2.24, 2.45) is 0 Å². The first-order valence-electron chi connectivity index (χ1n) is 10.4. The van der Waals surface area contributed by atoms with Gasteiger partial charge in [0.25, 0.3) is 0 Å². The van der Waals surface area contributed by atoms with Gasteiger partial charge in [0.15, 0.2) is 5.78 Å². The summed E-state index contributed by atoms with van der Waals surface area (Å²) in [4.78, 5) is 26.4. The molecule has 1 unspecified atom stereocenters. The van der Waals surface area contributed by atoms with Crippen molar-refractivity contribution in [1.82, 2.24) is 9.78 Å². The van der Waals surface area contributed by atoms with E-state index in [1.54, 1.807) is 4.68 Å². The molecule has 1 amide bonds. The Morgan fingerprint density at radius 2 is 1.71 bits per heavy atom. The quantitative estimate of drug-likeness (QED) is 0.470. The zero-order valence-corrected chi connectivity index (χ0v) is 17.8. The number of rotatable bonds is 3. The molecule has 1 N–H and O–H groups in total. The summed E-state index contributed by atoms with van der Waals surface area (Å²) in [5.74, 6) is -0.181. The van der Waals surface area contributed by atoms with Crippen molar-refractivity contribution >= 4 is 28.3 Å². The van der Waals surface area contributed by atoms with Crippen LogP contribution in [0.3, 0.4) is 0 Å². The molecule has 5 rings (SSSR count). The van der Waals surface area contributed by atoms with Crippen LogP contribution in [0.2, 0.25) is 0 Å². The number of ketones is 1. The van der Waals surface area contributed by atoms with Gasteiger partial charge in [-0.15, -0.1) is 0 Å². The molecule has 0 radical (unpaired) electrons. The molecule has 3 aromatic carbocycles. The summed E-state index contributed by atoms with van der Waals surface area (Å²) in [6.07, 6.45) is 0.119. The lowest BCUT2D eigenvalue weighted by molar-refractivity contribution is -0.116. The fourth-order valence-electron chi connectivity index (χ4n) is 4.66. The van der Waals surface area contributed by atoms with Gasteiger partial charge in [-0.2, -0.15) is 5.10 Å². The average molecular weight is 409 g/mol. The highest BCUT2D eigenvalue weighted by atomic mass is 16.2. The average Bonchev–Trinajstić information content (AvgIpc) is 3.08. The maximum absolute atomic E-state index is 13.7. The molecule has 2 heterocycles. The SMILES string of the molecule is Cc1cc(C)cc(-n2nc(C)c3c2NC(=O)CC3C(=O)c2cccc3ccccc23)c1. The molecule has 1 aromatic heterocycles. The highest BCUT2D eigenvalue weighted by Gasteiger charge is 2.36. The summed E-state index contributed by atoms with van der Waals surface area (Å²) in [6.45, 7) is 5.97. The highest BCUT2D eigenvalue weighted by Crippen LogP contribution is 2.39. The van der Waals surface area contributed by atoms with Crippen LogP contribution in [-0.2, 0) is 4.79 Å². The summed E-state index contributed by atoms with van der Waals surface area (Å²) >= 11 is 0. The topological polar surface area (TPSA) is 64.0 Å². The molecule has 5 heteroatoms. The first-order valence-corrected chi connectivity index (χ1v) is 10.4. The van der Waals surface area contributed by atoms with Crippen LogP contribution in [-0.4, -0.2) is 21.5 Å². The van der Waals surface area contributed by atoms with E-state index >= 15 is 0 Å². The van der Waals surface area contributed by atoms with Crippen LogP contribution < -0.4 is 5.32 Å². The number of hydrogen-bond donors (Lipinski definition) is 1. The normalized spacial score (nSPS) is 15.6. The van der Waals surface area contributed by atoms with Crippen molar-refractivity contribution in [2.45, 2.75) is 33.1 Å². The minimum atomic E-state index is -0.561. The van der Waals surface area contributed by atoms with E-state index in [0.29, 0.717) is 11.4 Å². The molecule has 0 aliphatic carbocycles. The third-order valence-electron chi connectivity index (χ3n) is 5.93. The van der Waals surface area contributed by atoms with Gasteiger partial charge in [-0.3, -0.25) is 9.59 Å². The van der Waals surface area contributed by atoms with Gasteiger partial charge in [-0.25, -0.2) is 4.68 Å². The Hall–Kier alpha value is -3.73. The lowest BCUT2D eigenvalue weighted by Gasteiger charge is -2.23. The second-order valence-corrected chi connectivity index (χ2v) is 8.30. The van der Waals surface area contributed by atoms with Gasteiger partial charge in [0.2, 0.25) is 5.91 Å². The number of nitrogens with zero attached hydrogens (tertiary/aromatic N) is 2. The van der Waals surface area contributed by atoms with E-state index in [0.717, 1.165) is 38.8 Å². The van der Waals surface area contributed by atoms with Gasteiger partial charge >= 0.3 is 0 Å².